The van der Waals surface area contributed by atoms with Crippen molar-refractivity contribution in [3.63, 3.8) is 0 Å². The standard InChI is InChI=1S/C11H21NO.CH2O.CH4/c1-4-6-7-10(3)9-11(13)12-8-5-2;1-2;/h5,10H,2,4,6-9H2,1,3H3,(H,12,13);1H2;1H4. The third kappa shape index (κ3) is 15.4. The summed E-state index contributed by atoms with van der Waals surface area (Å²) in [6.45, 7) is 10.4. The minimum Gasteiger partial charge on any atom is -0.353 e. The number of carbonyl (C=O) groups excluding carboxylic acids is 2. The Bertz CT molecular complexity index is 169. The van der Waals surface area contributed by atoms with Crippen LogP contribution in [-0.2, 0) is 9.59 Å². The van der Waals surface area contributed by atoms with E-state index in [0.717, 1.165) is 6.42 Å². The van der Waals surface area contributed by atoms with Gasteiger partial charge in [0.25, 0.3) is 0 Å². The van der Waals surface area contributed by atoms with Crippen LogP contribution < -0.4 is 5.32 Å². The lowest BCUT2D eigenvalue weighted by Crippen LogP contribution is -2.24. The average Bonchev–Trinajstić information content (AvgIpc) is 2.26. The molecule has 96 valence electrons. The molecule has 0 fully saturated rings. The highest BCUT2D eigenvalue weighted by molar-refractivity contribution is 5.76. The Morgan fingerprint density at radius 3 is 2.44 bits per heavy atom. The van der Waals surface area contributed by atoms with E-state index >= 15 is 0 Å². The van der Waals surface area contributed by atoms with E-state index in [2.05, 4.69) is 25.7 Å². The van der Waals surface area contributed by atoms with Crippen molar-refractivity contribution < 1.29 is 9.59 Å². The van der Waals surface area contributed by atoms with Gasteiger partial charge in [0, 0.05) is 13.0 Å². The number of unbranched alkanes of at least 4 members (excludes halogenated alkanes) is 1. The fourth-order valence-corrected chi connectivity index (χ4v) is 1.23. The summed E-state index contributed by atoms with van der Waals surface area (Å²) >= 11 is 0. The first-order valence-corrected chi connectivity index (χ1v) is 5.37. The van der Waals surface area contributed by atoms with E-state index in [1.165, 1.54) is 12.8 Å². The molecule has 1 N–H and O–H groups in total. The molecule has 16 heavy (non-hydrogen) atoms. The molecule has 0 radical (unpaired) electrons. The maximum atomic E-state index is 11.2. The normalized spacial score (nSPS) is 10.1. The zero-order valence-corrected chi connectivity index (χ0v) is 9.92. The molecule has 3 heteroatoms. The predicted molar refractivity (Wildman–Crippen MR) is 70.4 cm³/mol. The van der Waals surface area contributed by atoms with Crippen molar-refractivity contribution in [3.05, 3.63) is 12.7 Å². The van der Waals surface area contributed by atoms with E-state index in [4.69, 9.17) is 4.79 Å². The summed E-state index contributed by atoms with van der Waals surface area (Å²) in [7, 11) is 0. The van der Waals surface area contributed by atoms with Crippen molar-refractivity contribution in [1.29, 1.82) is 0 Å². The first kappa shape index (κ1) is 20.3. The van der Waals surface area contributed by atoms with Crippen molar-refractivity contribution in [3.8, 4) is 0 Å². The molecule has 0 spiro atoms. The van der Waals surface area contributed by atoms with Crippen molar-refractivity contribution in [1.82, 2.24) is 5.32 Å². The van der Waals surface area contributed by atoms with Gasteiger partial charge >= 0.3 is 0 Å². The minimum atomic E-state index is 0. The molecule has 0 aliphatic heterocycles. The van der Waals surface area contributed by atoms with E-state index in [-0.39, 0.29) is 13.3 Å². The van der Waals surface area contributed by atoms with Crippen molar-refractivity contribution in [2.24, 2.45) is 5.92 Å². The number of nitrogens with one attached hydrogen (secondary N) is 1. The van der Waals surface area contributed by atoms with Crippen LogP contribution in [0, 0.1) is 5.92 Å². The van der Waals surface area contributed by atoms with Gasteiger partial charge in [0.05, 0.1) is 0 Å². The molecule has 0 saturated heterocycles. The van der Waals surface area contributed by atoms with Crippen LogP contribution in [0.3, 0.4) is 0 Å². The lowest BCUT2D eigenvalue weighted by atomic mass is 10.0. The second kappa shape index (κ2) is 16.3. The van der Waals surface area contributed by atoms with Crippen LogP contribution in [0.25, 0.3) is 0 Å². The van der Waals surface area contributed by atoms with Crippen molar-refractivity contribution >= 4 is 12.7 Å². The van der Waals surface area contributed by atoms with Gasteiger partial charge in [0.2, 0.25) is 5.91 Å². The van der Waals surface area contributed by atoms with Crippen LogP contribution >= 0.6 is 0 Å². The molecule has 0 aliphatic carbocycles. The van der Waals surface area contributed by atoms with Crippen LogP contribution in [-0.4, -0.2) is 19.2 Å². The second-order valence-electron chi connectivity index (χ2n) is 3.54. The number of rotatable bonds is 7. The third-order valence-electron chi connectivity index (χ3n) is 2.03. The minimum absolute atomic E-state index is 0. The largest absolute Gasteiger partial charge is 0.353 e. The summed E-state index contributed by atoms with van der Waals surface area (Å²) in [6.07, 6.45) is 5.93. The molecule has 0 saturated carbocycles. The molecule has 0 heterocycles. The van der Waals surface area contributed by atoms with Crippen LogP contribution in [0.15, 0.2) is 12.7 Å². The Labute approximate surface area is 100 Å². The molecule has 0 bridgehead atoms. The molecule has 0 aromatic rings. The monoisotopic (exact) mass is 229 g/mol. The second-order valence-corrected chi connectivity index (χ2v) is 3.54. The van der Waals surface area contributed by atoms with Crippen LogP contribution in [0.1, 0.15) is 47.0 Å². The van der Waals surface area contributed by atoms with Crippen LogP contribution in [0.4, 0.5) is 0 Å². The van der Waals surface area contributed by atoms with Gasteiger partial charge in [0.1, 0.15) is 6.79 Å². The highest BCUT2D eigenvalue weighted by Crippen LogP contribution is 2.11. The van der Waals surface area contributed by atoms with Crippen molar-refractivity contribution in [2.45, 2.75) is 47.0 Å². The highest BCUT2D eigenvalue weighted by Gasteiger charge is 2.06. The van der Waals surface area contributed by atoms with Crippen LogP contribution in [0.2, 0.25) is 0 Å². The third-order valence-corrected chi connectivity index (χ3v) is 2.03. The lowest BCUT2D eigenvalue weighted by molar-refractivity contribution is -0.121. The average molecular weight is 229 g/mol. The van der Waals surface area contributed by atoms with Gasteiger partial charge in [-0.3, -0.25) is 4.79 Å². The molecule has 1 amide bonds. The highest BCUT2D eigenvalue weighted by atomic mass is 16.1. The van der Waals surface area contributed by atoms with E-state index in [9.17, 15) is 4.79 Å². The first-order valence-electron chi connectivity index (χ1n) is 5.37. The van der Waals surface area contributed by atoms with Gasteiger partial charge in [-0.25, -0.2) is 0 Å². The summed E-state index contributed by atoms with van der Waals surface area (Å²) < 4.78 is 0. The van der Waals surface area contributed by atoms with E-state index in [0.29, 0.717) is 18.9 Å². The van der Waals surface area contributed by atoms with Gasteiger partial charge in [-0.15, -0.1) is 6.58 Å². The van der Waals surface area contributed by atoms with Gasteiger partial charge in [-0.1, -0.05) is 46.6 Å². The fourth-order valence-electron chi connectivity index (χ4n) is 1.23. The summed E-state index contributed by atoms with van der Waals surface area (Å²) in [5.74, 6) is 0.647. The number of hydrogen-bond acceptors (Lipinski definition) is 2. The molecule has 0 aliphatic rings. The Balaban J connectivity index is -0.000000529. The number of amides is 1. The molecule has 0 aromatic carbocycles. The molecular weight excluding hydrogens is 202 g/mol. The number of hydrogen-bond donors (Lipinski definition) is 1. The maximum Gasteiger partial charge on any atom is 0.220 e. The van der Waals surface area contributed by atoms with Gasteiger partial charge in [-0.2, -0.15) is 0 Å². The molecule has 1 atom stereocenters. The Morgan fingerprint density at radius 1 is 1.44 bits per heavy atom. The molecule has 3 nitrogen and oxygen atoms in total. The topological polar surface area (TPSA) is 46.2 Å². The summed E-state index contributed by atoms with van der Waals surface area (Å²) in [4.78, 5) is 19.2. The summed E-state index contributed by atoms with van der Waals surface area (Å²) in [5, 5.41) is 2.78. The fraction of sp³-hybridized carbons (Fsp3) is 0.692. The predicted octanol–water partition coefficient (Wildman–Crippen LogP) is 2.96. The van der Waals surface area contributed by atoms with Gasteiger partial charge in [-0.05, 0) is 5.92 Å². The molecule has 0 aromatic heterocycles. The van der Waals surface area contributed by atoms with Crippen molar-refractivity contribution in [2.75, 3.05) is 6.54 Å². The maximum absolute atomic E-state index is 11.2. The number of carbonyl (C=O) groups is 2. The quantitative estimate of drug-likeness (QED) is 0.682. The Kier molecular flexibility index (Phi) is 20.7. The van der Waals surface area contributed by atoms with E-state index in [1.54, 1.807) is 6.08 Å². The zero-order valence-electron chi connectivity index (χ0n) is 9.92. The van der Waals surface area contributed by atoms with Crippen LogP contribution in [0.5, 0.6) is 0 Å². The van der Waals surface area contributed by atoms with Gasteiger partial charge in [0.15, 0.2) is 0 Å². The summed E-state index contributed by atoms with van der Waals surface area (Å²) in [5.41, 5.74) is 0. The van der Waals surface area contributed by atoms with Gasteiger partial charge < -0.3 is 10.1 Å². The lowest BCUT2D eigenvalue weighted by Gasteiger charge is -2.09. The smallest absolute Gasteiger partial charge is 0.220 e. The SMILES string of the molecule is C.C=CCNC(=O)CC(C)CCCC.C=O. The first-order chi connectivity index (χ1) is 7.20. The molecular formula is C13H27NO2. The summed E-state index contributed by atoms with van der Waals surface area (Å²) in [6, 6.07) is 0. The van der Waals surface area contributed by atoms with E-state index < -0.39 is 0 Å². The Hall–Kier alpha value is -1.12. The Morgan fingerprint density at radius 2 is 2.00 bits per heavy atom. The van der Waals surface area contributed by atoms with E-state index in [1.807, 2.05) is 6.79 Å². The zero-order chi connectivity index (χ0) is 12.1. The molecule has 1 unspecified atom stereocenters. The molecule has 0 rings (SSSR count).